The van der Waals surface area contributed by atoms with Gasteiger partial charge in [-0.05, 0) is 43.9 Å². The van der Waals surface area contributed by atoms with Crippen LogP contribution in [0.3, 0.4) is 0 Å². The fourth-order valence-electron chi connectivity index (χ4n) is 4.11. The molecule has 2 aliphatic rings. The highest BCUT2D eigenvalue weighted by molar-refractivity contribution is 7.92. The number of esters is 1. The van der Waals surface area contributed by atoms with E-state index in [1.807, 2.05) is 0 Å². The van der Waals surface area contributed by atoms with Gasteiger partial charge in [-0.3, -0.25) is 9.10 Å². The molecule has 1 aromatic heterocycles. The summed E-state index contributed by atoms with van der Waals surface area (Å²) in [5.41, 5.74) is 6.61. The van der Waals surface area contributed by atoms with Crippen LogP contribution in [0.1, 0.15) is 65.8 Å². The number of fused-ring (bicyclic) bond motifs is 1. The zero-order valence-electron chi connectivity index (χ0n) is 16.3. The van der Waals surface area contributed by atoms with Crippen LogP contribution < -0.4 is 10.0 Å². The minimum absolute atomic E-state index is 0.0140. The van der Waals surface area contributed by atoms with Crippen LogP contribution in [0, 0.1) is 0 Å². The number of anilines is 1. The quantitative estimate of drug-likeness (QED) is 0.697. The first-order valence-electron chi connectivity index (χ1n) is 9.91. The molecule has 0 radical (unpaired) electrons. The molecule has 0 aliphatic heterocycles. The van der Waals surface area contributed by atoms with Crippen molar-refractivity contribution in [2.45, 2.75) is 57.1 Å². The van der Waals surface area contributed by atoms with Crippen LogP contribution in [0.25, 0.3) is 10.9 Å². The summed E-state index contributed by atoms with van der Waals surface area (Å²) < 4.78 is 31.9. The molecule has 3 N–H and O–H groups in total. The van der Waals surface area contributed by atoms with Crippen molar-refractivity contribution in [1.82, 2.24) is 4.98 Å². The van der Waals surface area contributed by atoms with E-state index in [0.29, 0.717) is 16.6 Å². The third-order valence-corrected chi connectivity index (χ3v) is 6.77. The van der Waals surface area contributed by atoms with Crippen molar-refractivity contribution >= 4 is 38.5 Å². The molecule has 0 spiro atoms. The summed E-state index contributed by atoms with van der Waals surface area (Å²) in [6.45, 7) is 0. The lowest BCUT2D eigenvalue weighted by Gasteiger charge is -2.34. The minimum atomic E-state index is -3.52. The van der Waals surface area contributed by atoms with Gasteiger partial charge in [0.05, 0.1) is 17.5 Å². The lowest BCUT2D eigenvalue weighted by Crippen LogP contribution is -2.41. The summed E-state index contributed by atoms with van der Waals surface area (Å²) in [5, 5.41) is 0.419. The monoisotopic (exact) mass is 419 g/mol. The van der Waals surface area contributed by atoms with Crippen molar-refractivity contribution in [3.63, 3.8) is 0 Å². The average Bonchev–Trinajstić information content (AvgIpc) is 3.38. The molecule has 156 valence electrons. The van der Waals surface area contributed by atoms with Gasteiger partial charge in [0.2, 0.25) is 10.0 Å². The van der Waals surface area contributed by atoms with Gasteiger partial charge in [-0.25, -0.2) is 13.2 Å². The van der Waals surface area contributed by atoms with Crippen molar-refractivity contribution in [2.24, 2.45) is 5.73 Å². The molecule has 0 unspecified atom stereocenters. The fraction of sp³-hybridized carbons (Fsp3) is 0.500. The van der Waals surface area contributed by atoms with Crippen molar-refractivity contribution in [2.75, 3.05) is 10.6 Å². The first-order chi connectivity index (χ1) is 13.8. The van der Waals surface area contributed by atoms with E-state index in [-0.39, 0.29) is 23.4 Å². The molecular weight excluding hydrogens is 394 g/mol. The number of nitrogens with zero attached hydrogens (tertiary/aromatic N) is 1. The Balaban J connectivity index is 1.80. The van der Waals surface area contributed by atoms with E-state index < -0.39 is 21.9 Å². The molecule has 0 atom stereocenters. The van der Waals surface area contributed by atoms with Gasteiger partial charge in [-0.2, -0.15) is 0 Å². The first kappa shape index (κ1) is 19.8. The summed E-state index contributed by atoms with van der Waals surface area (Å²) >= 11 is 0. The van der Waals surface area contributed by atoms with Crippen molar-refractivity contribution in [1.29, 1.82) is 0 Å². The molecule has 29 heavy (non-hydrogen) atoms. The van der Waals surface area contributed by atoms with Gasteiger partial charge in [-0.1, -0.05) is 19.3 Å². The number of nitrogens with two attached hydrogens (primary N) is 1. The molecule has 0 bridgehead atoms. The number of amides is 1. The number of hydrogen-bond acceptors (Lipinski definition) is 5. The number of ether oxygens (including phenoxy) is 1. The number of primary amides is 1. The van der Waals surface area contributed by atoms with Crippen molar-refractivity contribution in [3.05, 3.63) is 29.5 Å². The molecule has 2 aliphatic carbocycles. The van der Waals surface area contributed by atoms with Gasteiger partial charge in [0.1, 0.15) is 11.8 Å². The van der Waals surface area contributed by atoms with E-state index in [2.05, 4.69) is 4.98 Å². The first-order valence-corrected chi connectivity index (χ1v) is 11.8. The maximum atomic E-state index is 12.6. The number of benzene rings is 1. The Morgan fingerprint density at radius 2 is 1.83 bits per heavy atom. The maximum absolute atomic E-state index is 12.6. The number of nitrogens with one attached hydrogen (secondary N) is 1. The summed E-state index contributed by atoms with van der Waals surface area (Å²) in [7, 11) is -3.52. The Kier molecular flexibility index (Phi) is 5.02. The highest BCUT2D eigenvalue weighted by atomic mass is 32.2. The zero-order chi connectivity index (χ0) is 20.8. The Morgan fingerprint density at radius 1 is 1.14 bits per heavy atom. The summed E-state index contributed by atoms with van der Waals surface area (Å²) in [4.78, 5) is 27.5. The second kappa shape index (κ2) is 7.37. The number of rotatable bonds is 6. The van der Waals surface area contributed by atoms with Gasteiger partial charge in [0.15, 0.2) is 0 Å². The van der Waals surface area contributed by atoms with Gasteiger partial charge in [0, 0.05) is 16.9 Å². The smallest absolute Gasteiger partial charge is 0.355 e. The van der Waals surface area contributed by atoms with E-state index in [9.17, 15) is 18.0 Å². The number of hydrogen-bond donors (Lipinski definition) is 2. The number of carbonyl (C=O) groups excluding carboxylic acids is 2. The van der Waals surface area contributed by atoms with Crippen molar-refractivity contribution < 1.29 is 22.7 Å². The number of aromatic amines is 1. The minimum Gasteiger partial charge on any atom is -0.458 e. The van der Waals surface area contributed by atoms with Crippen LogP contribution in [0.4, 0.5) is 5.69 Å². The predicted octanol–water partition coefficient (Wildman–Crippen LogP) is 2.68. The van der Waals surface area contributed by atoms with E-state index in [1.54, 1.807) is 18.2 Å². The fourth-order valence-corrected chi connectivity index (χ4v) is 5.36. The van der Waals surface area contributed by atoms with E-state index in [0.717, 1.165) is 44.9 Å². The zero-order valence-corrected chi connectivity index (χ0v) is 17.1. The summed E-state index contributed by atoms with van der Waals surface area (Å²) in [5.74, 6) is -1.38. The standard InChI is InChI=1S/C20H25N3O5S/c1-29(26,27)23(12-5-3-2-4-6-12)13-7-10-16-15(11-13)17(19(21)24)18(22-16)20(25)28-14-8-9-14/h7,10-12,14,22H,2-6,8-9H2,1H3,(H2,21,24). The second-order valence-electron chi connectivity index (χ2n) is 7.92. The molecule has 1 aromatic carbocycles. The predicted molar refractivity (Wildman–Crippen MR) is 109 cm³/mol. The topological polar surface area (TPSA) is 123 Å². The molecule has 2 aromatic rings. The Hall–Kier alpha value is -2.55. The van der Waals surface area contributed by atoms with Crippen LogP contribution in [0.15, 0.2) is 18.2 Å². The summed E-state index contributed by atoms with van der Waals surface area (Å²) in [6, 6.07) is 4.86. The van der Waals surface area contributed by atoms with Crippen LogP contribution in [0.5, 0.6) is 0 Å². The van der Waals surface area contributed by atoms with Crippen molar-refractivity contribution in [3.8, 4) is 0 Å². The highest BCUT2D eigenvalue weighted by Crippen LogP contribution is 2.34. The molecule has 4 rings (SSSR count). The molecule has 0 saturated heterocycles. The third-order valence-electron chi connectivity index (χ3n) is 5.55. The molecule has 1 amide bonds. The van der Waals surface area contributed by atoms with E-state index in [4.69, 9.17) is 10.5 Å². The molecule has 2 saturated carbocycles. The average molecular weight is 420 g/mol. The van der Waals surface area contributed by atoms with Gasteiger partial charge in [-0.15, -0.1) is 0 Å². The number of aromatic nitrogens is 1. The molecule has 1 heterocycles. The Bertz CT molecular complexity index is 1070. The molecule has 2 fully saturated rings. The lowest BCUT2D eigenvalue weighted by atomic mass is 9.95. The van der Waals surface area contributed by atoms with Crippen LogP contribution in [-0.4, -0.2) is 43.7 Å². The van der Waals surface area contributed by atoms with Crippen LogP contribution in [-0.2, 0) is 14.8 Å². The largest absolute Gasteiger partial charge is 0.458 e. The summed E-state index contributed by atoms with van der Waals surface area (Å²) in [6.07, 6.45) is 7.34. The van der Waals surface area contributed by atoms with E-state index >= 15 is 0 Å². The van der Waals surface area contributed by atoms with E-state index in [1.165, 1.54) is 10.6 Å². The lowest BCUT2D eigenvalue weighted by molar-refractivity contribution is 0.0463. The normalized spacial score (nSPS) is 18.0. The molecular formula is C20H25N3O5S. The Labute approximate surface area is 169 Å². The highest BCUT2D eigenvalue weighted by Gasteiger charge is 2.32. The van der Waals surface area contributed by atoms with Gasteiger partial charge >= 0.3 is 5.97 Å². The molecule has 9 heteroatoms. The maximum Gasteiger partial charge on any atom is 0.355 e. The van der Waals surface area contributed by atoms with Gasteiger partial charge in [0.25, 0.3) is 5.91 Å². The Morgan fingerprint density at radius 3 is 2.41 bits per heavy atom. The second-order valence-corrected chi connectivity index (χ2v) is 9.78. The van der Waals surface area contributed by atoms with Gasteiger partial charge < -0.3 is 15.5 Å². The van der Waals surface area contributed by atoms with Crippen LogP contribution in [0.2, 0.25) is 0 Å². The SMILES string of the molecule is CS(=O)(=O)N(c1ccc2[nH]c(C(=O)OC3CC3)c(C(N)=O)c2c1)C1CCCCC1. The number of carbonyl (C=O) groups is 2. The number of sulfonamides is 1. The number of H-pyrrole nitrogens is 1. The van der Waals surface area contributed by atoms with Crippen LogP contribution >= 0.6 is 0 Å². The third kappa shape index (κ3) is 3.96. The molecule has 8 nitrogen and oxygen atoms in total.